The van der Waals surface area contributed by atoms with Gasteiger partial charge in [-0.2, -0.15) is 5.10 Å². The van der Waals surface area contributed by atoms with Crippen molar-refractivity contribution in [3.05, 3.63) is 38.3 Å². The monoisotopic (exact) mass is 341 g/mol. The number of halogens is 1. The Morgan fingerprint density at radius 1 is 1.42 bits per heavy atom. The van der Waals surface area contributed by atoms with Gasteiger partial charge in [0.2, 0.25) is 0 Å². The van der Waals surface area contributed by atoms with Gasteiger partial charge in [0.15, 0.2) is 0 Å². The summed E-state index contributed by atoms with van der Waals surface area (Å²) in [4.78, 5) is 1.37. The van der Waals surface area contributed by atoms with Gasteiger partial charge in [-0.15, -0.1) is 11.3 Å². The molecule has 5 heteroatoms. The predicted octanol–water partition coefficient (Wildman–Crippen LogP) is 3.70. The Bertz CT molecular complexity index is 533. The molecule has 0 aliphatic rings. The van der Waals surface area contributed by atoms with Gasteiger partial charge < -0.3 is 5.32 Å². The van der Waals surface area contributed by atoms with E-state index < -0.39 is 0 Å². The van der Waals surface area contributed by atoms with Crippen molar-refractivity contribution in [3.63, 3.8) is 0 Å². The molecule has 2 aromatic heterocycles. The fourth-order valence-corrected chi connectivity index (χ4v) is 3.68. The summed E-state index contributed by atoms with van der Waals surface area (Å²) in [6.07, 6.45) is 1.97. The molecule has 0 saturated heterocycles. The molecule has 0 aliphatic carbocycles. The molecule has 2 heterocycles. The first kappa shape index (κ1) is 14.8. The highest BCUT2D eigenvalue weighted by Gasteiger charge is 2.16. The number of nitrogens with zero attached hydrogens (tertiary/aromatic N) is 2. The predicted molar refractivity (Wildman–Crippen MR) is 84.7 cm³/mol. The molecule has 0 aromatic carbocycles. The summed E-state index contributed by atoms with van der Waals surface area (Å²) < 4.78 is 3.19. The van der Waals surface area contributed by atoms with Gasteiger partial charge in [-0.1, -0.05) is 13.8 Å². The maximum absolute atomic E-state index is 4.52. The van der Waals surface area contributed by atoms with Crippen molar-refractivity contribution in [2.75, 3.05) is 6.54 Å². The topological polar surface area (TPSA) is 29.9 Å². The minimum absolute atomic E-state index is 0.362. The van der Waals surface area contributed by atoms with Gasteiger partial charge >= 0.3 is 0 Å². The average Bonchev–Trinajstić information content (AvgIpc) is 2.96. The third-order valence-corrected chi connectivity index (χ3v) is 4.93. The van der Waals surface area contributed by atoms with Crippen molar-refractivity contribution in [2.45, 2.75) is 32.7 Å². The van der Waals surface area contributed by atoms with Gasteiger partial charge in [0.1, 0.15) is 0 Å². The lowest BCUT2D eigenvalue weighted by molar-refractivity contribution is 0.536. The van der Waals surface area contributed by atoms with Crippen LogP contribution in [0, 0.1) is 0 Å². The first-order chi connectivity index (χ1) is 9.13. The SMILES string of the molecule is CCNC(Cc1cc(CC)nn1C)c1ccc(Br)s1. The minimum atomic E-state index is 0.362. The molecule has 0 fully saturated rings. The van der Waals surface area contributed by atoms with Gasteiger partial charge in [0.25, 0.3) is 0 Å². The van der Waals surface area contributed by atoms with E-state index in [1.807, 2.05) is 11.7 Å². The van der Waals surface area contributed by atoms with Crippen LogP contribution in [0.5, 0.6) is 0 Å². The fourth-order valence-electron chi connectivity index (χ4n) is 2.18. The van der Waals surface area contributed by atoms with Crippen LogP contribution in [-0.2, 0) is 19.9 Å². The van der Waals surface area contributed by atoms with Crippen molar-refractivity contribution in [1.29, 1.82) is 0 Å². The van der Waals surface area contributed by atoms with E-state index in [9.17, 15) is 0 Å². The summed E-state index contributed by atoms with van der Waals surface area (Å²) in [6.45, 7) is 5.26. The fraction of sp³-hybridized carbons (Fsp3) is 0.500. The van der Waals surface area contributed by atoms with Gasteiger partial charge in [0, 0.05) is 30.1 Å². The maximum atomic E-state index is 4.52. The van der Waals surface area contributed by atoms with E-state index in [0.717, 1.165) is 19.4 Å². The number of hydrogen-bond acceptors (Lipinski definition) is 3. The Labute approximate surface area is 127 Å². The van der Waals surface area contributed by atoms with Crippen molar-refractivity contribution >= 4 is 27.3 Å². The molecule has 3 nitrogen and oxygen atoms in total. The summed E-state index contributed by atoms with van der Waals surface area (Å²) in [5.74, 6) is 0. The summed E-state index contributed by atoms with van der Waals surface area (Å²) in [6, 6.07) is 6.89. The Balaban J connectivity index is 2.18. The summed E-state index contributed by atoms with van der Waals surface area (Å²) in [5, 5.41) is 8.09. The molecule has 0 amide bonds. The van der Waals surface area contributed by atoms with E-state index in [1.165, 1.54) is 20.1 Å². The molecule has 0 radical (unpaired) electrons. The number of nitrogens with one attached hydrogen (secondary N) is 1. The summed E-state index contributed by atoms with van der Waals surface area (Å²) >= 11 is 5.34. The standard InChI is InChI=1S/C14H20BrN3S/c1-4-10-8-11(18(3)17-10)9-12(16-5-2)13-6-7-14(15)19-13/h6-8,12,16H,4-5,9H2,1-3H3. The molecule has 2 aromatic rings. The van der Waals surface area contributed by atoms with E-state index in [1.54, 1.807) is 11.3 Å². The van der Waals surface area contributed by atoms with Crippen LogP contribution in [0.2, 0.25) is 0 Å². The molecule has 1 N–H and O–H groups in total. The van der Waals surface area contributed by atoms with Crippen LogP contribution in [0.3, 0.4) is 0 Å². The van der Waals surface area contributed by atoms with Gasteiger partial charge in [0.05, 0.1) is 9.48 Å². The molecule has 0 bridgehead atoms. The highest BCUT2D eigenvalue weighted by molar-refractivity contribution is 9.11. The van der Waals surface area contributed by atoms with Gasteiger partial charge in [-0.05, 0) is 47.1 Å². The molecule has 104 valence electrons. The van der Waals surface area contributed by atoms with Crippen LogP contribution < -0.4 is 5.32 Å². The lowest BCUT2D eigenvalue weighted by atomic mass is 10.1. The van der Waals surface area contributed by atoms with Gasteiger partial charge in [-0.25, -0.2) is 0 Å². The molecule has 2 rings (SSSR count). The normalized spacial score (nSPS) is 12.8. The molecule has 0 spiro atoms. The number of aromatic nitrogens is 2. The number of rotatable bonds is 6. The molecule has 0 saturated carbocycles. The molecular weight excluding hydrogens is 322 g/mol. The van der Waals surface area contributed by atoms with Crippen LogP contribution >= 0.6 is 27.3 Å². The third-order valence-electron chi connectivity index (χ3n) is 3.19. The zero-order valence-corrected chi connectivity index (χ0v) is 14.0. The zero-order valence-electron chi connectivity index (χ0n) is 11.6. The number of thiophene rings is 1. The molecular formula is C14H20BrN3S. The maximum Gasteiger partial charge on any atom is 0.0701 e. The summed E-state index contributed by atoms with van der Waals surface area (Å²) in [7, 11) is 2.03. The highest BCUT2D eigenvalue weighted by Crippen LogP contribution is 2.29. The lowest BCUT2D eigenvalue weighted by Gasteiger charge is -2.16. The van der Waals surface area contributed by atoms with Crippen LogP contribution in [0.25, 0.3) is 0 Å². The van der Waals surface area contributed by atoms with E-state index in [0.29, 0.717) is 6.04 Å². The largest absolute Gasteiger partial charge is 0.309 e. The van der Waals surface area contributed by atoms with Crippen molar-refractivity contribution < 1.29 is 0 Å². The quantitative estimate of drug-likeness (QED) is 0.868. The second-order valence-electron chi connectivity index (χ2n) is 4.56. The number of aryl methyl sites for hydroxylation is 2. The molecule has 1 atom stereocenters. The molecule has 0 aliphatic heterocycles. The van der Waals surface area contributed by atoms with E-state index in [-0.39, 0.29) is 0 Å². The Hall–Kier alpha value is -0.650. The van der Waals surface area contributed by atoms with Crippen LogP contribution in [-0.4, -0.2) is 16.3 Å². The van der Waals surface area contributed by atoms with Crippen LogP contribution in [0.4, 0.5) is 0 Å². The highest BCUT2D eigenvalue weighted by atomic mass is 79.9. The van der Waals surface area contributed by atoms with Crippen LogP contribution in [0.15, 0.2) is 22.0 Å². The zero-order chi connectivity index (χ0) is 13.8. The number of likely N-dealkylation sites (N-methyl/N-ethyl adjacent to an activating group) is 1. The lowest BCUT2D eigenvalue weighted by Crippen LogP contribution is -2.23. The minimum Gasteiger partial charge on any atom is -0.309 e. The Kier molecular flexibility index (Phi) is 5.19. The van der Waals surface area contributed by atoms with E-state index in [4.69, 9.17) is 0 Å². The smallest absolute Gasteiger partial charge is 0.0701 e. The second kappa shape index (κ2) is 6.68. The first-order valence-corrected chi connectivity index (χ1v) is 8.25. The van der Waals surface area contributed by atoms with E-state index >= 15 is 0 Å². The average molecular weight is 342 g/mol. The van der Waals surface area contributed by atoms with E-state index in [2.05, 4.69) is 58.4 Å². The van der Waals surface area contributed by atoms with Crippen molar-refractivity contribution in [3.8, 4) is 0 Å². The van der Waals surface area contributed by atoms with Crippen molar-refractivity contribution in [1.82, 2.24) is 15.1 Å². The number of hydrogen-bond donors (Lipinski definition) is 1. The molecule has 19 heavy (non-hydrogen) atoms. The van der Waals surface area contributed by atoms with Crippen LogP contribution in [0.1, 0.15) is 36.2 Å². The third kappa shape index (κ3) is 3.68. The Morgan fingerprint density at radius 3 is 2.74 bits per heavy atom. The first-order valence-electron chi connectivity index (χ1n) is 6.64. The molecule has 1 unspecified atom stereocenters. The van der Waals surface area contributed by atoms with Gasteiger partial charge in [-0.3, -0.25) is 4.68 Å². The summed E-state index contributed by atoms with van der Waals surface area (Å²) in [5.41, 5.74) is 2.45. The van der Waals surface area contributed by atoms with Crippen molar-refractivity contribution in [2.24, 2.45) is 7.05 Å². The Morgan fingerprint density at radius 2 is 2.21 bits per heavy atom. The second-order valence-corrected chi connectivity index (χ2v) is 7.06.